The summed E-state index contributed by atoms with van der Waals surface area (Å²) in [4.78, 5) is 21.2. The first kappa shape index (κ1) is 21.1. The Morgan fingerprint density at radius 1 is 0.826 bits per heavy atom. The van der Waals surface area contributed by atoms with Gasteiger partial charge in [-0.05, 0) is 50.1 Å². The highest BCUT2D eigenvalue weighted by molar-refractivity contribution is 5.96. The molecule has 130 valence electrons. The monoisotopic (exact) mass is 323 g/mol. The molecule has 1 aromatic rings. The average molecular weight is 323 g/mol. The van der Waals surface area contributed by atoms with E-state index in [-0.39, 0.29) is 0 Å². The molecule has 0 unspecified atom stereocenters. The molecular weight excluding hydrogens is 292 g/mol. The van der Waals surface area contributed by atoms with Crippen LogP contribution in [0.15, 0.2) is 24.3 Å². The first-order chi connectivity index (χ1) is 10.7. The second-order valence-corrected chi connectivity index (χ2v) is 6.52. The van der Waals surface area contributed by atoms with Crippen molar-refractivity contribution in [3.63, 3.8) is 0 Å². The highest BCUT2D eigenvalue weighted by Crippen LogP contribution is 2.03. The number of unbranched alkanes of at least 4 members (excludes halogenated alkanes) is 3. The molecule has 0 aromatic heterocycles. The van der Waals surface area contributed by atoms with Crippen molar-refractivity contribution >= 4 is 11.8 Å². The summed E-state index contributed by atoms with van der Waals surface area (Å²) in [5.74, 6) is -1.04. The van der Waals surface area contributed by atoms with Crippen LogP contribution in [0.2, 0.25) is 0 Å². The lowest BCUT2D eigenvalue weighted by Gasteiger charge is -2.23. The third kappa shape index (κ3) is 11.3. The van der Waals surface area contributed by atoms with Gasteiger partial charge in [-0.15, -0.1) is 0 Å². The fourth-order valence-electron chi connectivity index (χ4n) is 1.88. The van der Waals surface area contributed by atoms with Gasteiger partial charge in [0.2, 0.25) is 11.8 Å². The van der Waals surface area contributed by atoms with Crippen LogP contribution in [0, 0.1) is 0 Å². The van der Waals surface area contributed by atoms with Crippen molar-refractivity contribution in [2.75, 3.05) is 34.2 Å². The van der Waals surface area contributed by atoms with Crippen molar-refractivity contribution in [2.45, 2.75) is 25.7 Å². The number of carbonyl (C=O) groups is 2. The maximum Gasteiger partial charge on any atom is 0.248 e. The molecule has 0 aliphatic carbocycles. The van der Waals surface area contributed by atoms with E-state index in [1.54, 1.807) is 0 Å². The number of primary amides is 2. The van der Waals surface area contributed by atoms with E-state index in [0.29, 0.717) is 11.1 Å². The molecule has 0 saturated heterocycles. The predicted molar refractivity (Wildman–Crippen MR) is 93.9 cm³/mol. The van der Waals surface area contributed by atoms with Crippen molar-refractivity contribution in [1.82, 2.24) is 0 Å². The molecule has 2 amide bonds. The molecule has 23 heavy (non-hydrogen) atoms. The van der Waals surface area contributed by atoms with Crippen LogP contribution in [0.25, 0.3) is 0 Å². The molecular formula is C17H31N4O2+. The molecule has 0 bridgehead atoms. The fourth-order valence-corrected chi connectivity index (χ4v) is 1.88. The van der Waals surface area contributed by atoms with Gasteiger partial charge in [0.1, 0.15) is 0 Å². The molecule has 1 rings (SSSR count). The molecule has 6 nitrogen and oxygen atoms in total. The van der Waals surface area contributed by atoms with E-state index in [4.69, 9.17) is 17.2 Å². The maximum absolute atomic E-state index is 10.6. The molecule has 0 radical (unpaired) electrons. The van der Waals surface area contributed by atoms with Gasteiger partial charge in [-0.1, -0.05) is 6.42 Å². The van der Waals surface area contributed by atoms with Crippen LogP contribution in [0.1, 0.15) is 46.4 Å². The molecule has 0 saturated carbocycles. The number of nitrogens with zero attached hydrogens (tertiary/aromatic N) is 1. The smallest absolute Gasteiger partial charge is 0.248 e. The van der Waals surface area contributed by atoms with Gasteiger partial charge in [-0.25, -0.2) is 0 Å². The van der Waals surface area contributed by atoms with Gasteiger partial charge < -0.3 is 21.7 Å². The number of amides is 2. The van der Waals surface area contributed by atoms with Crippen molar-refractivity contribution < 1.29 is 14.1 Å². The Labute approximate surface area is 139 Å². The molecule has 6 N–H and O–H groups in total. The number of carbonyl (C=O) groups excluding carboxylic acids is 2. The second kappa shape index (κ2) is 10.7. The lowest BCUT2D eigenvalue weighted by atomic mass is 10.1. The summed E-state index contributed by atoms with van der Waals surface area (Å²) < 4.78 is 1.09. The zero-order chi connectivity index (χ0) is 17.9. The summed E-state index contributed by atoms with van der Waals surface area (Å²) in [5, 5.41) is 0. The topological polar surface area (TPSA) is 112 Å². The highest BCUT2D eigenvalue weighted by atomic mass is 16.1. The lowest BCUT2D eigenvalue weighted by Crippen LogP contribution is -2.35. The van der Waals surface area contributed by atoms with Gasteiger partial charge in [-0.3, -0.25) is 9.59 Å². The largest absolute Gasteiger partial charge is 0.366 e. The van der Waals surface area contributed by atoms with Crippen LogP contribution in [0.3, 0.4) is 0 Å². The van der Waals surface area contributed by atoms with Gasteiger partial charge in [0, 0.05) is 11.1 Å². The second-order valence-electron chi connectivity index (χ2n) is 6.52. The highest BCUT2D eigenvalue weighted by Gasteiger charge is 2.04. The Morgan fingerprint density at radius 3 is 1.52 bits per heavy atom. The van der Waals surface area contributed by atoms with Crippen LogP contribution in [0.5, 0.6) is 0 Å². The van der Waals surface area contributed by atoms with Crippen molar-refractivity contribution in [1.29, 1.82) is 0 Å². The van der Waals surface area contributed by atoms with Crippen LogP contribution < -0.4 is 17.2 Å². The Balaban J connectivity index is 0.000000423. The third-order valence-electron chi connectivity index (χ3n) is 3.24. The summed E-state index contributed by atoms with van der Waals surface area (Å²) in [6.45, 7) is 2.13. The van der Waals surface area contributed by atoms with E-state index >= 15 is 0 Å². The number of hydrogen-bond acceptors (Lipinski definition) is 3. The van der Waals surface area contributed by atoms with E-state index in [9.17, 15) is 9.59 Å². The molecule has 0 aliphatic heterocycles. The number of nitrogens with two attached hydrogens (primary N) is 3. The van der Waals surface area contributed by atoms with E-state index in [1.165, 1.54) is 56.5 Å². The van der Waals surface area contributed by atoms with Crippen molar-refractivity contribution in [3.8, 4) is 0 Å². The van der Waals surface area contributed by atoms with E-state index < -0.39 is 11.8 Å². The first-order valence-corrected chi connectivity index (χ1v) is 7.87. The summed E-state index contributed by atoms with van der Waals surface area (Å²) in [5.41, 5.74) is 16.1. The third-order valence-corrected chi connectivity index (χ3v) is 3.24. The van der Waals surface area contributed by atoms with Gasteiger partial charge in [0.25, 0.3) is 0 Å². The molecule has 0 spiro atoms. The lowest BCUT2D eigenvalue weighted by molar-refractivity contribution is -0.870. The van der Waals surface area contributed by atoms with E-state index in [0.717, 1.165) is 11.0 Å². The number of rotatable bonds is 8. The SMILES string of the molecule is C[N+](C)(C)CCCCCCN.NC(=O)c1ccc(C(N)=O)cc1. The molecule has 0 atom stereocenters. The maximum atomic E-state index is 10.6. The summed E-state index contributed by atoms with van der Waals surface area (Å²) >= 11 is 0. The minimum absolute atomic E-state index is 0.361. The summed E-state index contributed by atoms with van der Waals surface area (Å²) in [6, 6.07) is 5.84. The van der Waals surface area contributed by atoms with Crippen molar-refractivity contribution in [3.05, 3.63) is 35.4 Å². The Kier molecular flexibility index (Phi) is 9.85. The van der Waals surface area contributed by atoms with Gasteiger partial charge in [0.15, 0.2) is 0 Å². The Morgan fingerprint density at radius 2 is 1.22 bits per heavy atom. The summed E-state index contributed by atoms with van der Waals surface area (Å²) in [6.07, 6.45) is 5.17. The van der Waals surface area contributed by atoms with Crippen LogP contribution in [0.4, 0.5) is 0 Å². The zero-order valence-electron chi connectivity index (χ0n) is 14.5. The minimum atomic E-state index is -0.522. The zero-order valence-corrected chi connectivity index (χ0v) is 14.5. The van der Waals surface area contributed by atoms with E-state index in [2.05, 4.69) is 21.1 Å². The predicted octanol–water partition coefficient (Wildman–Crippen LogP) is 1.10. The Hall–Kier alpha value is -1.92. The van der Waals surface area contributed by atoms with Gasteiger partial charge in [-0.2, -0.15) is 0 Å². The normalized spacial score (nSPS) is 10.6. The standard InChI is InChI=1S/C9H23N2.C8H8N2O2/c1-11(2,3)9-7-5-4-6-8-10;9-7(11)5-1-2-6(4-3-5)8(10)12/h4-10H2,1-3H3;1-4H,(H2,9,11)(H2,10,12)/q+1;. The number of hydrogen-bond donors (Lipinski definition) is 3. The van der Waals surface area contributed by atoms with Gasteiger partial charge >= 0.3 is 0 Å². The molecule has 0 aliphatic rings. The Bertz CT molecular complexity index is 445. The number of benzene rings is 1. The molecule has 0 heterocycles. The van der Waals surface area contributed by atoms with E-state index in [1.807, 2.05) is 0 Å². The fraction of sp³-hybridized carbons (Fsp3) is 0.529. The van der Waals surface area contributed by atoms with Gasteiger partial charge in [0.05, 0.1) is 27.7 Å². The van der Waals surface area contributed by atoms with Crippen LogP contribution in [-0.2, 0) is 0 Å². The van der Waals surface area contributed by atoms with Crippen LogP contribution in [-0.4, -0.2) is 50.5 Å². The van der Waals surface area contributed by atoms with Crippen molar-refractivity contribution in [2.24, 2.45) is 17.2 Å². The first-order valence-electron chi connectivity index (χ1n) is 7.87. The summed E-state index contributed by atoms with van der Waals surface area (Å²) in [7, 11) is 6.72. The molecule has 6 heteroatoms. The molecule has 1 aromatic carbocycles. The quantitative estimate of drug-likeness (QED) is 0.492. The number of quaternary nitrogens is 1. The average Bonchev–Trinajstić information content (AvgIpc) is 2.46. The van der Waals surface area contributed by atoms with Crippen LogP contribution >= 0.6 is 0 Å². The minimum Gasteiger partial charge on any atom is -0.366 e. The molecule has 0 fully saturated rings.